The number of carbonyl (C=O) groups is 2. The van der Waals surface area contributed by atoms with Gasteiger partial charge in [0, 0.05) is 73.2 Å². The summed E-state index contributed by atoms with van der Waals surface area (Å²) in [7, 11) is 0. The number of nitrogens with one attached hydrogen (secondary N) is 2. The van der Waals surface area contributed by atoms with Crippen molar-refractivity contribution in [2.75, 3.05) is 23.7 Å². The van der Waals surface area contributed by atoms with Crippen LogP contribution in [0, 0.1) is 0 Å². The van der Waals surface area contributed by atoms with Crippen LogP contribution in [0.3, 0.4) is 0 Å². The fraction of sp³-hybridized carbons (Fsp3) is 0.167. The van der Waals surface area contributed by atoms with Crippen LogP contribution in [-0.4, -0.2) is 34.6 Å². The molecule has 0 unspecified atom stereocenters. The second kappa shape index (κ2) is 14.5. The number of nitrogens with zero attached hydrogens (tertiary/aromatic N) is 2. The summed E-state index contributed by atoms with van der Waals surface area (Å²) in [6.07, 6.45) is 9.68. The van der Waals surface area contributed by atoms with Gasteiger partial charge in [-0.2, -0.15) is 0 Å². The second-order valence-corrected chi connectivity index (χ2v) is 10.2. The Hall–Kier alpha value is -5.10. The quantitative estimate of drug-likeness (QED) is 0.143. The van der Waals surface area contributed by atoms with Crippen LogP contribution < -0.4 is 10.6 Å². The van der Waals surface area contributed by atoms with Crippen molar-refractivity contribution in [2.45, 2.75) is 25.7 Å². The Labute approximate surface area is 246 Å². The molecule has 5 rings (SSSR count). The van der Waals surface area contributed by atoms with E-state index in [0.29, 0.717) is 37.1 Å². The molecule has 0 atom stereocenters. The zero-order valence-corrected chi connectivity index (χ0v) is 23.5. The third-order valence-corrected chi connectivity index (χ3v) is 7.11. The van der Waals surface area contributed by atoms with Gasteiger partial charge in [-0.1, -0.05) is 48.5 Å². The van der Waals surface area contributed by atoms with Crippen molar-refractivity contribution >= 4 is 22.9 Å². The molecular weight excluding hydrogens is 520 g/mol. The van der Waals surface area contributed by atoms with Crippen molar-refractivity contribution in [2.24, 2.45) is 0 Å². The molecule has 6 nitrogen and oxygen atoms in total. The third-order valence-electron chi connectivity index (χ3n) is 7.11. The SMILES string of the molecule is O=C(CCNc1ccc(Cc2ccncc2)cc1)c1ccc(C(=O)CCNc2ccc(Cc3ccncc3)cc2)cc1. The number of hydrogen-bond donors (Lipinski definition) is 2. The van der Waals surface area contributed by atoms with Crippen molar-refractivity contribution in [1.82, 2.24) is 9.97 Å². The van der Waals surface area contributed by atoms with Crippen LogP contribution in [0.5, 0.6) is 0 Å². The van der Waals surface area contributed by atoms with Crippen molar-refractivity contribution in [3.8, 4) is 0 Å². The highest BCUT2D eigenvalue weighted by Gasteiger charge is 2.10. The largest absolute Gasteiger partial charge is 0.385 e. The van der Waals surface area contributed by atoms with Crippen molar-refractivity contribution in [3.05, 3.63) is 155 Å². The number of carbonyl (C=O) groups excluding carboxylic acids is 2. The summed E-state index contributed by atoms with van der Waals surface area (Å²) in [5, 5.41) is 6.64. The molecule has 2 aromatic heterocycles. The topological polar surface area (TPSA) is 84.0 Å². The predicted octanol–water partition coefficient (Wildman–Crippen LogP) is 7.03. The van der Waals surface area contributed by atoms with Gasteiger partial charge in [-0.25, -0.2) is 0 Å². The fourth-order valence-electron chi connectivity index (χ4n) is 4.73. The van der Waals surface area contributed by atoms with Gasteiger partial charge in [-0.15, -0.1) is 0 Å². The van der Waals surface area contributed by atoms with Crippen LogP contribution in [0.4, 0.5) is 11.4 Å². The molecule has 0 bridgehead atoms. The first kappa shape index (κ1) is 28.4. The highest BCUT2D eigenvalue weighted by atomic mass is 16.1. The summed E-state index contributed by atoms with van der Waals surface area (Å²) in [6, 6.07) is 31.6. The standard InChI is InChI=1S/C36H34N4O2/c41-35(17-23-39-33-9-1-27(2-10-33)25-29-13-19-37-20-14-29)31-5-7-32(8-6-31)36(42)18-24-40-34-11-3-28(4-12-34)26-30-15-21-38-22-16-30/h1-16,19-22,39-40H,17-18,23-26H2. The molecule has 0 aliphatic rings. The van der Waals surface area contributed by atoms with E-state index in [0.717, 1.165) is 24.2 Å². The Morgan fingerprint density at radius 1 is 0.452 bits per heavy atom. The van der Waals surface area contributed by atoms with Gasteiger partial charge in [-0.3, -0.25) is 19.6 Å². The van der Waals surface area contributed by atoms with E-state index in [-0.39, 0.29) is 11.6 Å². The average molecular weight is 555 g/mol. The normalized spacial score (nSPS) is 10.7. The van der Waals surface area contributed by atoms with Crippen LogP contribution >= 0.6 is 0 Å². The van der Waals surface area contributed by atoms with Gasteiger partial charge in [0.1, 0.15) is 0 Å². The highest BCUT2D eigenvalue weighted by molar-refractivity contribution is 5.99. The van der Waals surface area contributed by atoms with Gasteiger partial charge in [0.05, 0.1) is 0 Å². The van der Waals surface area contributed by atoms with Crippen LogP contribution in [0.2, 0.25) is 0 Å². The molecule has 5 aromatic rings. The molecule has 0 saturated carbocycles. The fourth-order valence-corrected chi connectivity index (χ4v) is 4.73. The first-order chi connectivity index (χ1) is 20.6. The minimum Gasteiger partial charge on any atom is -0.385 e. The second-order valence-electron chi connectivity index (χ2n) is 10.2. The van der Waals surface area contributed by atoms with Crippen LogP contribution in [0.1, 0.15) is 55.8 Å². The summed E-state index contributed by atoms with van der Waals surface area (Å²) >= 11 is 0. The van der Waals surface area contributed by atoms with E-state index < -0.39 is 0 Å². The number of pyridine rings is 2. The highest BCUT2D eigenvalue weighted by Crippen LogP contribution is 2.16. The van der Waals surface area contributed by atoms with E-state index in [1.54, 1.807) is 49.1 Å². The van der Waals surface area contributed by atoms with Gasteiger partial charge in [0.15, 0.2) is 11.6 Å². The molecule has 0 spiro atoms. The number of Topliss-reactive ketones (excluding diaryl/α,β-unsaturated/α-hetero) is 2. The molecule has 0 aliphatic heterocycles. The summed E-state index contributed by atoms with van der Waals surface area (Å²) in [5.74, 6) is 0.0923. The summed E-state index contributed by atoms with van der Waals surface area (Å²) < 4.78 is 0. The number of ketones is 2. The Bertz CT molecular complexity index is 1450. The molecule has 0 amide bonds. The molecule has 0 radical (unpaired) electrons. The van der Waals surface area contributed by atoms with Gasteiger partial charge < -0.3 is 10.6 Å². The van der Waals surface area contributed by atoms with E-state index in [2.05, 4.69) is 44.9 Å². The Kier molecular flexibility index (Phi) is 9.82. The lowest BCUT2D eigenvalue weighted by atomic mass is 10.0. The first-order valence-corrected chi connectivity index (χ1v) is 14.2. The lowest BCUT2D eigenvalue weighted by molar-refractivity contribution is 0.0975. The van der Waals surface area contributed by atoms with Gasteiger partial charge in [-0.05, 0) is 83.6 Å². The van der Waals surface area contributed by atoms with Crippen molar-refractivity contribution < 1.29 is 9.59 Å². The molecule has 0 fully saturated rings. The van der Waals surface area contributed by atoms with E-state index in [1.807, 2.05) is 48.5 Å². The molecular formula is C36H34N4O2. The number of hydrogen-bond acceptors (Lipinski definition) is 6. The first-order valence-electron chi connectivity index (χ1n) is 14.2. The van der Waals surface area contributed by atoms with Gasteiger partial charge in [0.2, 0.25) is 0 Å². The van der Waals surface area contributed by atoms with Crippen LogP contribution in [0.15, 0.2) is 122 Å². The molecule has 2 heterocycles. The summed E-state index contributed by atoms with van der Waals surface area (Å²) in [5.41, 5.74) is 8.09. The average Bonchev–Trinajstić information content (AvgIpc) is 3.04. The minimum atomic E-state index is 0.0462. The lowest BCUT2D eigenvalue weighted by Crippen LogP contribution is -2.10. The number of benzene rings is 3. The minimum absolute atomic E-state index is 0.0462. The van der Waals surface area contributed by atoms with Crippen LogP contribution in [0.25, 0.3) is 0 Å². The Balaban J connectivity index is 1.01. The van der Waals surface area contributed by atoms with Crippen LogP contribution in [-0.2, 0) is 12.8 Å². The van der Waals surface area contributed by atoms with E-state index in [1.165, 1.54) is 22.3 Å². The predicted molar refractivity (Wildman–Crippen MR) is 168 cm³/mol. The number of rotatable bonds is 14. The molecule has 3 aromatic carbocycles. The molecule has 6 heteroatoms. The monoisotopic (exact) mass is 554 g/mol. The van der Waals surface area contributed by atoms with Gasteiger partial charge in [0.25, 0.3) is 0 Å². The van der Waals surface area contributed by atoms with Crippen molar-refractivity contribution in [3.63, 3.8) is 0 Å². The van der Waals surface area contributed by atoms with Crippen molar-refractivity contribution in [1.29, 1.82) is 0 Å². The Morgan fingerprint density at radius 2 is 0.786 bits per heavy atom. The third kappa shape index (κ3) is 8.45. The van der Waals surface area contributed by atoms with E-state index in [4.69, 9.17) is 0 Å². The maximum Gasteiger partial charge on any atom is 0.164 e. The molecule has 42 heavy (non-hydrogen) atoms. The molecule has 0 aliphatic carbocycles. The Morgan fingerprint density at radius 3 is 1.14 bits per heavy atom. The van der Waals surface area contributed by atoms with E-state index in [9.17, 15) is 9.59 Å². The molecule has 210 valence electrons. The zero-order valence-electron chi connectivity index (χ0n) is 23.5. The molecule has 2 N–H and O–H groups in total. The summed E-state index contributed by atoms with van der Waals surface area (Å²) in [4.78, 5) is 33.5. The smallest absolute Gasteiger partial charge is 0.164 e. The maximum atomic E-state index is 12.7. The molecule has 0 saturated heterocycles. The number of aromatic nitrogens is 2. The maximum absolute atomic E-state index is 12.7. The number of anilines is 2. The zero-order chi connectivity index (χ0) is 29.0. The van der Waals surface area contributed by atoms with Gasteiger partial charge >= 0.3 is 0 Å². The summed E-state index contributed by atoms with van der Waals surface area (Å²) in [6.45, 7) is 1.08. The lowest BCUT2D eigenvalue weighted by Gasteiger charge is -2.09. The van der Waals surface area contributed by atoms with E-state index >= 15 is 0 Å².